The van der Waals surface area contributed by atoms with E-state index in [-0.39, 0.29) is 24.0 Å². The molecule has 4 rings (SSSR count). The zero-order valence-corrected chi connectivity index (χ0v) is 18.1. The Morgan fingerprint density at radius 2 is 2.04 bits per heavy atom. The number of halogens is 2. The fraction of sp³-hybridized carbons (Fsp3) is 0.632. The number of ether oxygens (including phenoxy) is 1. The number of rotatable bonds is 4. The standard InChI is InChI=1S/C19H26ClN3O2.HI/c1-2-21-19(22-9-16(24)12-4-3-5-13(20)8-12)23-10-14-15(11-23)18-7-6-17(14)25-18;/h3-5,8,14-18,24H,2,6-7,9-11H2,1H3,(H,21,22);1H. The molecule has 0 aliphatic carbocycles. The second-order valence-electron chi connectivity index (χ2n) is 7.29. The topological polar surface area (TPSA) is 57.1 Å². The number of aliphatic hydroxyl groups is 1. The summed E-state index contributed by atoms with van der Waals surface area (Å²) in [6, 6.07) is 7.34. The lowest BCUT2D eigenvalue weighted by molar-refractivity contribution is 0.0766. The summed E-state index contributed by atoms with van der Waals surface area (Å²) in [6.07, 6.45) is 2.66. The summed E-state index contributed by atoms with van der Waals surface area (Å²) < 4.78 is 6.06. The molecular weight excluding hydrogens is 465 g/mol. The molecule has 5 nitrogen and oxygen atoms in total. The monoisotopic (exact) mass is 491 g/mol. The van der Waals surface area contributed by atoms with Gasteiger partial charge < -0.3 is 20.1 Å². The van der Waals surface area contributed by atoms with Crippen LogP contribution in [0.1, 0.15) is 31.4 Å². The van der Waals surface area contributed by atoms with E-state index >= 15 is 0 Å². The maximum absolute atomic E-state index is 10.4. The van der Waals surface area contributed by atoms with Gasteiger partial charge in [-0.05, 0) is 37.5 Å². The van der Waals surface area contributed by atoms with Crippen molar-refractivity contribution < 1.29 is 9.84 Å². The van der Waals surface area contributed by atoms with E-state index in [4.69, 9.17) is 21.3 Å². The van der Waals surface area contributed by atoms with Crippen molar-refractivity contribution in [2.75, 3.05) is 26.2 Å². The Morgan fingerprint density at radius 3 is 2.65 bits per heavy atom. The molecule has 26 heavy (non-hydrogen) atoms. The maximum Gasteiger partial charge on any atom is 0.194 e. The normalized spacial score (nSPS) is 30.9. The molecular formula is C19H27ClIN3O2. The van der Waals surface area contributed by atoms with Gasteiger partial charge in [-0.3, -0.25) is 4.99 Å². The quantitative estimate of drug-likeness (QED) is 0.386. The van der Waals surface area contributed by atoms with Gasteiger partial charge in [-0.25, -0.2) is 0 Å². The van der Waals surface area contributed by atoms with E-state index in [1.807, 2.05) is 18.2 Å². The van der Waals surface area contributed by atoms with E-state index in [0.29, 0.717) is 35.6 Å². The average molecular weight is 492 g/mol. The number of hydrogen-bond donors (Lipinski definition) is 2. The Hall–Kier alpha value is -0.570. The van der Waals surface area contributed by atoms with Crippen molar-refractivity contribution in [3.8, 4) is 0 Å². The van der Waals surface area contributed by atoms with Crippen LogP contribution in [-0.4, -0.2) is 54.4 Å². The summed E-state index contributed by atoms with van der Waals surface area (Å²) in [5.74, 6) is 2.18. The third-order valence-electron chi connectivity index (χ3n) is 5.73. The zero-order chi connectivity index (χ0) is 17.4. The summed E-state index contributed by atoms with van der Waals surface area (Å²) in [6.45, 7) is 5.24. The lowest BCUT2D eigenvalue weighted by Gasteiger charge is -2.23. The molecule has 7 heteroatoms. The van der Waals surface area contributed by atoms with Crippen molar-refractivity contribution in [3.05, 3.63) is 34.9 Å². The number of nitrogens with one attached hydrogen (secondary N) is 1. The molecule has 3 fully saturated rings. The van der Waals surface area contributed by atoms with Gasteiger partial charge in [-0.15, -0.1) is 24.0 Å². The van der Waals surface area contributed by atoms with Crippen molar-refractivity contribution in [2.45, 2.75) is 38.1 Å². The summed E-state index contributed by atoms with van der Waals surface area (Å²) >= 11 is 6.01. The number of benzene rings is 1. The largest absolute Gasteiger partial charge is 0.386 e. The van der Waals surface area contributed by atoms with Crippen LogP contribution < -0.4 is 5.32 Å². The Bertz CT molecular complexity index is 641. The van der Waals surface area contributed by atoms with Gasteiger partial charge >= 0.3 is 0 Å². The second-order valence-corrected chi connectivity index (χ2v) is 7.72. The van der Waals surface area contributed by atoms with Crippen LogP contribution in [0.25, 0.3) is 0 Å². The van der Waals surface area contributed by atoms with Crippen LogP contribution in [0.4, 0.5) is 0 Å². The van der Waals surface area contributed by atoms with Gasteiger partial charge in [0.2, 0.25) is 0 Å². The van der Waals surface area contributed by atoms with Gasteiger partial charge in [0, 0.05) is 36.5 Å². The number of likely N-dealkylation sites (tertiary alicyclic amines) is 1. The third kappa shape index (κ3) is 3.98. The maximum atomic E-state index is 10.4. The summed E-state index contributed by atoms with van der Waals surface area (Å²) in [7, 11) is 0. The number of nitrogens with zero attached hydrogens (tertiary/aromatic N) is 2. The molecule has 2 N–H and O–H groups in total. The lowest BCUT2D eigenvalue weighted by atomic mass is 9.82. The van der Waals surface area contributed by atoms with Gasteiger partial charge in [-0.1, -0.05) is 23.7 Å². The fourth-order valence-electron chi connectivity index (χ4n) is 4.55. The molecule has 3 saturated heterocycles. The molecule has 0 saturated carbocycles. The average Bonchev–Trinajstić information content (AvgIpc) is 3.30. The SMILES string of the molecule is CCNC(=NCC(O)c1cccc(Cl)c1)N1CC2C3CCC(O3)C2C1.I. The van der Waals surface area contributed by atoms with Crippen LogP contribution in [0.15, 0.2) is 29.3 Å². The predicted octanol–water partition coefficient (Wildman–Crippen LogP) is 3.07. The van der Waals surface area contributed by atoms with Crippen molar-refractivity contribution in [1.82, 2.24) is 10.2 Å². The Kier molecular flexibility index (Phi) is 6.69. The highest BCUT2D eigenvalue weighted by atomic mass is 127. The van der Waals surface area contributed by atoms with Crippen LogP contribution in [0.3, 0.4) is 0 Å². The number of fused-ring (bicyclic) bond motifs is 5. The van der Waals surface area contributed by atoms with E-state index in [0.717, 1.165) is 31.2 Å². The van der Waals surface area contributed by atoms with E-state index in [1.165, 1.54) is 12.8 Å². The molecule has 0 amide bonds. The molecule has 2 bridgehead atoms. The molecule has 5 unspecified atom stereocenters. The summed E-state index contributed by atoms with van der Waals surface area (Å²) in [5.41, 5.74) is 0.803. The number of guanidine groups is 1. The van der Waals surface area contributed by atoms with Crippen molar-refractivity contribution >= 4 is 41.5 Å². The van der Waals surface area contributed by atoms with Gasteiger partial charge in [0.15, 0.2) is 5.96 Å². The highest BCUT2D eigenvalue weighted by molar-refractivity contribution is 14.0. The van der Waals surface area contributed by atoms with Gasteiger partial charge in [0.1, 0.15) is 0 Å². The first-order valence-electron chi connectivity index (χ1n) is 9.28. The van der Waals surface area contributed by atoms with Crippen LogP contribution in [0, 0.1) is 11.8 Å². The fourth-order valence-corrected chi connectivity index (χ4v) is 4.75. The zero-order valence-electron chi connectivity index (χ0n) is 15.0. The first kappa shape index (κ1) is 20.2. The van der Waals surface area contributed by atoms with Gasteiger partial charge in [0.25, 0.3) is 0 Å². The molecule has 3 aliphatic heterocycles. The molecule has 3 aliphatic rings. The van der Waals surface area contributed by atoms with Crippen LogP contribution in [-0.2, 0) is 4.74 Å². The van der Waals surface area contributed by atoms with Crippen molar-refractivity contribution in [3.63, 3.8) is 0 Å². The number of hydrogen-bond acceptors (Lipinski definition) is 3. The highest BCUT2D eigenvalue weighted by Gasteiger charge is 2.53. The van der Waals surface area contributed by atoms with Crippen molar-refractivity contribution in [2.24, 2.45) is 16.8 Å². The van der Waals surface area contributed by atoms with E-state index in [9.17, 15) is 5.11 Å². The van der Waals surface area contributed by atoms with Crippen molar-refractivity contribution in [1.29, 1.82) is 0 Å². The molecule has 3 heterocycles. The molecule has 0 radical (unpaired) electrons. The smallest absolute Gasteiger partial charge is 0.194 e. The predicted molar refractivity (Wildman–Crippen MR) is 114 cm³/mol. The third-order valence-corrected chi connectivity index (χ3v) is 5.97. The first-order valence-corrected chi connectivity index (χ1v) is 9.65. The summed E-state index contributed by atoms with van der Waals surface area (Å²) in [5, 5.41) is 14.4. The van der Waals surface area contributed by atoms with E-state index in [1.54, 1.807) is 6.07 Å². The Morgan fingerprint density at radius 1 is 1.35 bits per heavy atom. The first-order chi connectivity index (χ1) is 12.2. The van der Waals surface area contributed by atoms with Crippen LogP contribution in [0.2, 0.25) is 5.02 Å². The molecule has 0 spiro atoms. The molecule has 144 valence electrons. The Labute approximate surface area is 177 Å². The van der Waals surface area contributed by atoms with E-state index < -0.39 is 6.10 Å². The van der Waals surface area contributed by atoms with Crippen LogP contribution in [0.5, 0.6) is 0 Å². The number of aliphatic hydroxyl groups excluding tert-OH is 1. The highest BCUT2D eigenvalue weighted by Crippen LogP contribution is 2.47. The van der Waals surface area contributed by atoms with Crippen LogP contribution >= 0.6 is 35.6 Å². The van der Waals surface area contributed by atoms with Gasteiger partial charge in [-0.2, -0.15) is 0 Å². The Balaban J connectivity index is 0.00000196. The minimum absolute atomic E-state index is 0. The minimum atomic E-state index is -0.644. The van der Waals surface area contributed by atoms with Gasteiger partial charge in [0.05, 0.1) is 24.9 Å². The second kappa shape index (κ2) is 8.63. The molecule has 1 aromatic rings. The molecule has 0 aromatic heterocycles. The number of aliphatic imine (C=N–C) groups is 1. The molecule has 5 atom stereocenters. The minimum Gasteiger partial charge on any atom is -0.386 e. The summed E-state index contributed by atoms with van der Waals surface area (Å²) in [4.78, 5) is 7.04. The lowest BCUT2D eigenvalue weighted by Crippen LogP contribution is -2.41. The molecule has 1 aromatic carbocycles. The van der Waals surface area contributed by atoms with E-state index in [2.05, 4.69) is 17.1 Å².